The van der Waals surface area contributed by atoms with Crippen LogP contribution in [0.4, 0.5) is 0 Å². The fourth-order valence-electron chi connectivity index (χ4n) is 5.08. The van der Waals surface area contributed by atoms with Crippen LogP contribution in [0.1, 0.15) is 74.9 Å². The van der Waals surface area contributed by atoms with Gasteiger partial charge in [-0.2, -0.15) is 0 Å². The van der Waals surface area contributed by atoms with Gasteiger partial charge in [0.15, 0.2) is 5.78 Å². The van der Waals surface area contributed by atoms with Gasteiger partial charge in [0.2, 0.25) is 0 Å². The van der Waals surface area contributed by atoms with E-state index in [1.165, 1.54) is 86.5 Å². The molecule has 0 saturated heterocycles. The molecule has 0 saturated carbocycles. The Morgan fingerprint density at radius 3 is 1.21 bits per heavy atom. The molecule has 6 aromatic rings. The number of rotatable bonds is 11. The lowest BCUT2D eigenvalue weighted by molar-refractivity contribution is 0.0800. The SMILES string of the molecule is CCC(=O)c1ccc(Cn2cnccc2=O)cc1.CN(C)C(=O)c1ccc(Cn2cnccc2=O)cc1.[2H]C([2H])([2H])N(C(=O)c1ccc(Cn2cnccc2=O)cc1)C([2H])([2H])C. The molecule has 3 aromatic carbocycles. The van der Waals surface area contributed by atoms with Crippen molar-refractivity contribution in [1.29, 1.82) is 0 Å². The zero-order chi connectivity index (χ0) is 45.6. The first-order valence-electron chi connectivity index (χ1n) is 20.2. The highest BCUT2D eigenvalue weighted by atomic mass is 16.2. The van der Waals surface area contributed by atoms with E-state index in [-0.39, 0.29) is 45.4 Å². The lowest BCUT2D eigenvalue weighted by atomic mass is 10.1. The van der Waals surface area contributed by atoms with E-state index in [0.717, 1.165) is 18.1 Å². The maximum atomic E-state index is 12.4. The Morgan fingerprint density at radius 2 is 0.912 bits per heavy atom. The second-order valence-corrected chi connectivity index (χ2v) is 12.6. The molecule has 0 fully saturated rings. The Labute approximate surface area is 337 Å². The van der Waals surface area contributed by atoms with E-state index in [2.05, 4.69) is 15.0 Å². The number of benzene rings is 3. The highest BCUT2D eigenvalue weighted by molar-refractivity contribution is 5.96. The van der Waals surface area contributed by atoms with Crippen LogP contribution in [0.25, 0.3) is 0 Å². The van der Waals surface area contributed by atoms with Crippen LogP contribution in [0.2, 0.25) is 0 Å². The third-order valence-corrected chi connectivity index (χ3v) is 8.27. The van der Waals surface area contributed by atoms with Crippen LogP contribution >= 0.6 is 0 Å². The van der Waals surface area contributed by atoms with Crippen LogP contribution in [-0.2, 0) is 19.6 Å². The van der Waals surface area contributed by atoms with Crippen molar-refractivity contribution < 1.29 is 21.2 Å². The van der Waals surface area contributed by atoms with Crippen molar-refractivity contribution in [3.8, 4) is 0 Å². The van der Waals surface area contributed by atoms with Gasteiger partial charge in [-0.15, -0.1) is 0 Å². The first-order valence-corrected chi connectivity index (χ1v) is 17.7. The van der Waals surface area contributed by atoms with Crippen molar-refractivity contribution in [3.63, 3.8) is 0 Å². The number of amides is 2. The van der Waals surface area contributed by atoms with Gasteiger partial charge in [-0.1, -0.05) is 55.5 Å². The van der Waals surface area contributed by atoms with Gasteiger partial charge < -0.3 is 9.80 Å². The molecule has 3 aromatic heterocycles. The van der Waals surface area contributed by atoms with Gasteiger partial charge in [-0.25, -0.2) is 15.0 Å². The summed E-state index contributed by atoms with van der Waals surface area (Å²) in [7, 11) is 3.43. The maximum Gasteiger partial charge on any atom is 0.253 e. The average molecular weight is 776 g/mol. The second kappa shape index (κ2) is 21.1. The lowest BCUT2D eigenvalue weighted by Gasteiger charge is -2.14. The van der Waals surface area contributed by atoms with E-state index in [4.69, 9.17) is 6.85 Å². The van der Waals surface area contributed by atoms with Gasteiger partial charge in [0, 0.05) is 94.3 Å². The molecule has 0 aliphatic rings. The molecule has 0 spiro atoms. The minimum atomic E-state index is -2.91. The van der Waals surface area contributed by atoms with E-state index < -0.39 is 19.4 Å². The van der Waals surface area contributed by atoms with E-state index in [0.29, 0.717) is 36.2 Å². The molecule has 0 radical (unpaired) electrons. The van der Waals surface area contributed by atoms with E-state index in [1.807, 2.05) is 31.2 Å². The predicted octanol–water partition coefficient (Wildman–Crippen LogP) is 4.26. The van der Waals surface area contributed by atoms with Crippen molar-refractivity contribution in [2.24, 2.45) is 0 Å². The highest BCUT2D eigenvalue weighted by Gasteiger charge is 2.10. The zero-order valence-electron chi connectivity index (χ0n) is 37.0. The minimum Gasteiger partial charge on any atom is -0.345 e. The molecule has 14 heteroatoms. The van der Waals surface area contributed by atoms with E-state index in [1.54, 1.807) is 50.5 Å². The lowest BCUT2D eigenvalue weighted by Crippen LogP contribution is -2.26. The van der Waals surface area contributed by atoms with Crippen LogP contribution in [0, 0.1) is 0 Å². The molecule has 0 unspecified atom stereocenters. The Morgan fingerprint density at radius 1 is 0.561 bits per heavy atom. The number of Topliss-reactive ketones (excluding diaryl/α,β-unsaturated/α-hetero) is 1. The van der Waals surface area contributed by atoms with Gasteiger partial charge in [-0.05, 0) is 47.9 Å². The third kappa shape index (κ3) is 12.7. The van der Waals surface area contributed by atoms with E-state index in [9.17, 15) is 28.8 Å². The quantitative estimate of drug-likeness (QED) is 0.175. The first kappa shape index (κ1) is 35.6. The molecule has 0 bridgehead atoms. The predicted molar refractivity (Wildman–Crippen MR) is 217 cm³/mol. The molecular weight excluding hydrogens is 725 g/mol. The molecule has 3 heterocycles. The van der Waals surface area contributed by atoms with Gasteiger partial charge in [0.25, 0.3) is 28.5 Å². The standard InChI is InChI=1S/C15H17N3O2.C14H15N3O2.C14H14N2O2/c1-3-17(2)15(20)13-6-4-12(5-7-13)10-18-11-16-9-8-14(18)19;1-16(2)14(19)12-5-3-11(4-6-12)9-17-10-15-8-7-13(17)18;1-2-13(17)12-5-3-11(4-6-12)9-16-10-15-8-7-14(16)18/h4-9,11H,3,10H2,1-2H3;3-8,10H,9H2,1-2H3;3-8,10H,2,9H2,1H3/i2D3,3D2;;. The number of carbonyl (C=O) groups excluding carboxylic acids is 3. The number of hydrogen-bond donors (Lipinski definition) is 0. The summed E-state index contributed by atoms with van der Waals surface area (Å²) < 4.78 is 41.8. The monoisotopic (exact) mass is 775 g/mol. The summed E-state index contributed by atoms with van der Waals surface area (Å²) in [5, 5.41) is 0. The molecule has 294 valence electrons. The fourth-order valence-corrected chi connectivity index (χ4v) is 5.08. The number of nitrogens with zero attached hydrogens (tertiary/aromatic N) is 8. The van der Waals surface area contributed by atoms with Crippen LogP contribution in [-0.4, -0.2) is 83.6 Å². The largest absolute Gasteiger partial charge is 0.345 e. The van der Waals surface area contributed by atoms with Gasteiger partial charge in [-0.3, -0.25) is 42.5 Å². The number of hydrogen-bond acceptors (Lipinski definition) is 9. The first-order chi connectivity index (χ1) is 29.3. The van der Waals surface area contributed by atoms with Crippen molar-refractivity contribution in [1.82, 2.24) is 38.5 Å². The molecule has 2 amide bonds. The summed E-state index contributed by atoms with van der Waals surface area (Å²) in [5.41, 5.74) is 3.62. The topological polar surface area (TPSA) is 162 Å². The van der Waals surface area contributed by atoms with Crippen molar-refractivity contribution in [3.05, 3.63) is 193 Å². The number of carbonyl (C=O) groups is 3. The zero-order valence-corrected chi connectivity index (χ0v) is 32.0. The minimum absolute atomic E-state index is 0.0369. The summed E-state index contributed by atoms with van der Waals surface area (Å²) in [6, 6.07) is 24.7. The van der Waals surface area contributed by atoms with Gasteiger partial charge in [0.05, 0.1) is 38.6 Å². The Kier molecular flexibility index (Phi) is 13.2. The van der Waals surface area contributed by atoms with Crippen molar-refractivity contribution in [2.45, 2.75) is 39.9 Å². The Hall–Kier alpha value is -7.09. The molecular formula is C43H46N8O6. The third-order valence-electron chi connectivity index (χ3n) is 8.27. The van der Waals surface area contributed by atoms with Crippen molar-refractivity contribution in [2.75, 3.05) is 27.6 Å². The average Bonchev–Trinajstić information content (AvgIpc) is 3.23. The molecule has 0 N–H and O–H groups in total. The fraction of sp³-hybridized carbons (Fsp3) is 0.233. The summed E-state index contributed by atoms with van der Waals surface area (Å²) in [4.78, 5) is 83.8. The molecule has 0 atom stereocenters. The maximum absolute atomic E-state index is 12.4. The summed E-state index contributed by atoms with van der Waals surface area (Å²) in [5.74, 6) is -0.845. The molecule has 57 heavy (non-hydrogen) atoms. The smallest absolute Gasteiger partial charge is 0.253 e. The summed E-state index contributed by atoms with van der Waals surface area (Å²) in [6.45, 7) is -1.23. The molecule has 0 aliphatic carbocycles. The highest BCUT2D eigenvalue weighted by Crippen LogP contribution is 2.10. The Balaban J connectivity index is 0.000000208. The Bertz CT molecular complexity index is 2610. The van der Waals surface area contributed by atoms with Gasteiger partial charge in [0.1, 0.15) is 0 Å². The molecule has 14 nitrogen and oxygen atoms in total. The second-order valence-electron chi connectivity index (χ2n) is 12.6. The number of aromatic nitrogens is 6. The summed E-state index contributed by atoms with van der Waals surface area (Å²) >= 11 is 0. The van der Waals surface area contributed by atoms with Gasteiger partial charge >= 0.3 is 0 Å². The normalized spacial score (nSPS) is 12.0. The van der Waals surface area contributed by atoms with Crippen molar-refractivity contribution >= 4 is 17.6 Å². The van der Waals surface area contributed by atoms with Crippen LogP contribution in [0.15, 0.2) is 143 Å². The molecule has 6 rings (SSSR count). The van der Waals surface area contributed by atoms with E-state index >= 15 is 0 Å². The molecule has 0 aliphatic heterocycles. The summed E-state index contributed by atoms with van der Waals surface area (Å²) in [6.07, 6.45) is 9.24. The number of ketones is 1. The van der Waals surface area contributed by atoms with Crippen LogP contribution < -0.4 is 16.7 Å². The van der Waals surface area contributed by atoms with Crippen LogP contribution in [0.5, 0.6) is 0 Å². The van der Waals surface area contributed by atoms with Crippen LogP contribution in [0.3, 0.4) is 0 Å².